The molecule has 0 saturated heterocycles. The molecule has 0 aliphatic rings. The summed E-state index contributed by atoms with van der Waals surface area (Å²) in [6.07, 6.45) is 2.75. The molecule has 0 atom stereocenters. The lowest BCUT2D eigenvalue weighted by molar-refractivity contribution is 0.673. The van der Waals surface area contributed by atoms with Crippen molar-refractivity contribution in [3.05, 3.63) is 27.6 Å². The second-order valence-corrected chi connectivity index (χ2v) is 4.58. The fraction of sp³-hybridized carbons (Fsp3) is 0.300. The Morgan fingerprint density at radius 1 is 1.56 bits per heavy atom. The summed E-state index contributed by atoms with van der Waals surface area (Å²) in [5.74, 6) is 0.777. The number of H-pyrrole nitrogens is 1. The van der Waals surface area contributed by atoms with E-state index in [0.29, 0.717) is 4.77 Å². The van der Waals surface area contributed by atoms with Crippen molar-refractivity contribution in [3.8, 4) is 11.5 Å². The van der Waals surface area contributed by atoms with Gasteiger partial charge in [-0.15, -0.1) is 0 Å². The molecule has 0 unspecified atom stereocenters. The van der Waals surface area contributed by atoms with Crippen molar-refractivity contribution in [2.75, 3.05) is 0 Å². The molecule has 2 aromatic rings. The molecule has 0 fully saturated rings. The van der Waals surface area contributed by atoms with Crippen molar-refractivity contribution < 1.29 is 0 Å². The van der Waals surface area contributed by atoms with Crippen LogP contribution in [0.15, 0.2) is 22.8 Å². The van der Waals surface area contributed by atoms with Crippen molar-refractivity contribution in [2.24, 2.45) is 0 Å². The predicted molar refractivity (Wildman–Crippen MR) is 68.6 cm³/mol. The van der Waals surface area contributed by atoms with Gasteiger partial charge in [-0.1, -0.05) is 6.92 Å². The first kappa shape index (κ1) is 11.5. The van der Waals surface area contributed by atoms with E-state index in [4.69, 9.17) is 12.2 Å². The van der Waals surface area contributed by atoms with Gasteiger partial charge in [0.05, 0.1) is 0 Å². The molecule has 84 valence electrons. The summed E-state index contributed by atoms with van der Waals surface area (Å²) in [6, 6.07) is 3.81. The van der Waals surface area contributed by atoms with Crippen LogP contribution in [0.3, 0.4) is 0 Å². The molecule has 0 aliphatic carbocycles. The molecule has 0 saturated carbocycles. The third kappa shape index (κ3) is 2.08. The molecule has 0 aromatic carbocycles. The fourth-order valence-electron chi connectivity index (χ4n) is 1.48. The van der Waals surface area contributed by atoms with Gasteiger partial charge in [-0.3, -0.25) is 14.6 Å². The van der Waals surface area contributed by atoms with E-state index < -0.39 is 0 Å². The van der Waals surface area contributed by atoms with E-state index in [0.717, 1.165) is 29.0 Å². The lowest BCUT2D eigenvalue weighted by Gasteiger charge is -2.05. The molecule has 0 radical (unpaired) electrons. The summed E-state index contributed by atoms with van der Waals surface area (Å²) in [7, 11) is 0. The van der Waals surface area contributed by atoms with Gasteiger partial charge in [0.2, 0.25) is 0 Å². The zero-order valence-corrected chi connectivity index (χ0v) is 11.2. The highest BCUT2D eigenvalue weighted by Crippen LogP contribution is 2.23. The standard InChI is InChI=1S/C10H11BrN4S/c1-2-6-15-9(13-14-10(15)16)8-7(11)4-3-5-12-8/h3-5H,2,6H2,1H3,(H,14,16). The van der Waals surface area contributed by atoms with E-state index in [1.54, 1.807) is 6.20 Å². The molecule has 0 spiro atoms. The van der Waals surface area contributed by atoms with E-state index in [2.05, 4.69) is 38.0 Å². The van der Waals surface area contributed by atoms with Gasteiger partial charge in [-0.05, 0) is 46.7 Å². The van der Waals surface area contributed by atoms with Gasteiger partial charge in [0.25, 0.3) is 0 Å². The van der Waals surface area contributed by atoms with E-state index in [1.807, 2.05) is 16.7 Å². The topological polar surface area (TPSA) is 46.5 Å². The molecule has 0 aliphatic heterocycles. The summed E-state index contributed by atoms with van der Waals surface area (Å²) in [5.41, 5.74) is 0.809. The van der Waals surface area contributed by atoms with Crippen molar-refractivity contribution in [1.82, 2.24) is 19.7 Å². The fourth-order valence-corrected chi connectivity index (χ4v) is 2.14. The average Bonchev–Trinajstić information content (AvgIpc) is 2.62. The summed E-state index contributed by atoms with van der Waals surface area (Å²) in [6.45, 7) is 2.94. The molecule has 4 nitrogen and oxygen atoms in total. The monoisotopic (exact) mass is 298 g/mol. The SMILES string of the molecule is CCCn1c(-c2ncccc2Br)n[nH]c1=S. The van der Waals surface area contributed by atoms with Crippen LogP contribution in [0.2, 0.25) is 0 Å². The van der Waals surface area contributed by atoms with Crippen molar-refractivity contribution in [2.45, 2.75) is 19.9 Å². The van der Waals surface area contributed by atoms with E-state index in [1.165, 1.54) is 0 Å². The van der Waals surface area contributed by atoms with Gasteiger partial charge in [0, 0.05) is 17.2 Å². The number of halogens is 1. The molecule has 6 heteroatoms. The van der Waals surface area contributed by atoms with E-state index in [-0.39, 0.29) is 0 Å². The van der Waals surface area contributed by atoms with E-state index >= 15 is 0 Å². The highest BCUT2D eigenvalue weighted by Gasteiger charge is 2.11. The number of aromatic amines is 1. The molecular formula is C10H11BrN4S. The Bertz CT molecular complexity index is 546. The Kier molecular flexibility index (Phi) is 3.50. The molecule has 2 rings (SSSR count). The normalized spacial score (nSPS) is 10.6. The summed E-state index contributed by atoms with van der Waals surface area (Å²) < 4.78 is 3.51. The van der Waals surface area contributed by atoms with Crippen LogP contribution in [0.25, 0.3) is 11.5 Å². The minimum absolute atomic E-state index is 0.634. The highest BCUT2D eigenvalue weighted by atomic mass is 79.9. The van der Waals surface area contributed by atoms with Crippen molar-refractivity contribution >= 4 is 28.1 Å². The first-order valence-electron chi connectivity index (χ1n) is 5.00. The van der Waals surface area contributed by atoms with E-state index in [9.17, 15) is 0 Å². The Morgan fingerprint density at radius 2 is 2.38 bits per heavy atom. The lowest BCUT2D eigenvalue weighted by atomic mass is 10.3. The number of nitrogens with one attached hydrogen (secondary N) is 1. The Morgan fingerprint density at radius 3 is 3.06 bits per heavy atom. The first-order valence-corrected chi connectivity index (χ1v) is 6.20. The van der Waals surface area contributed by atoms with Crippen LogP contribution in [-0.2, 0) is 6.54 Å². The molecule has 1 N–H and O–H groups in total. The van der Waals surface area contributed by atoms with Crippen molar-refractivity contribution in [1.29, 1.82) is 0 Å². The Balaban J connectivity index is 2.56. The maximum absolute atomic E-state index is 5.18. The largest absolute Gasteiger partial charge is 0.299 e. The number of hydrogen-bond acceptors (Lipinski definition) is 3. The van der Waals surface area contributed by atoms with Crippen LogP contribution >= 0.6 is 28.1 Å². The number of rotatable bonds is 3. The molecule has 2 heterocycles. The first-order chi connectivity index (χ1) is 7.74. The molecule has 0 amide bonds. The predicted octanol–water partition coefficient (Wildman–Crippen LogP) is 3.18. The maximum Gasteiger partial charge on any atom is 0.195 e. The lowest BCUT2D eigenvalue weighted by Crippen LogP contribution is -2.01. The second-order valence-electron chi connectivity index (χ2n) is 3.34. The quantitative estimate of drug-likeness (QED) is 0.885. The number of hydrogen-bond donors (Lipinski definition) is 1. The molecule has 16 heavy (non-hydrogen) atoms. The van der Waals surface area contributed by atoms with Crippen LogP contribution in [0.4, 0.5) is 0 Å². The molecular weight excluding hydrogens is 288 g/mol. The number of aromatic nitrogens is 4. The van der Waals surface area contributed by atoms with Crippen LogP contribution in [0.1, 0.15) is 13.3 Å². The van der Waals surface area contributed by atoms with Crippen LogP contribution in [0, 0.1) is 4.77 Å². The van der Waals surface area contributed by atoms with Crippen LogP contribution < -0.4 is 0 Å². The second kappa shape index (κ2) is 4.88. The van der Waals surface area contributed by atoms with Gasteiger partial charge >= 0.3 is 0 Å². The van der Waals surface area contributed by atoms with Gasteiger partial charge in [0.15, 0.2) is 10.6 Å². The highest BCUT2D eigenvalue weighted by molar-refractivity contribution is 9.10. The third-order valence-corrected chi connectivity index (χ3v) is 3.13. The number of pyridine rings is 1. The molecule has 2 aromatic heterocycles. The maximum atomic E-state index is 5.18. The number of nitrogens with zero attached hydrogens (tertiary/aromatic N) is 3. The van der Waals surface area contributed by atoms with Crippen LogP contribution in [0.5, 0.6) is 0 Å². The zero-order chi connectivity index (χ0) is 11.5. The van der Waals surface area contributed by atoms with Gasteiger partial charge < -0.3 is 0 Å². The van der Waals surface area contributed by atoms with Gasteiger partial charge in [-0.25, -0.2) is 0 Å². The molecule has 0 bridgehead atoms. The van der Waals surface area contributed by atoms with Gasteiger partial charge in [0.1, 0.15) is 5.69 Å². The average molecular weight is 299 g/mol. The van der Waals surface area contributed by atoms with Gasteiger partial charge in [-0.2, -0.15) is 5.10 Å². The zero-order valence-electron chi connectivity index (χ0n) is 8.77. The minimum Gasteiger partial charge on any atom is -0.299 e. The van der Waals surface area contributed by atoms with Crippen LogP contribution in [-0.4, -0.2) is 19.7 Å². The summed E-state index contributed by atoms with van der Waals surface area (Å²) in [4.78, 5) is 4.31. The summed E-state index contributed by atoms with van der Waals surface area (Å²) >= 11 is 8.65. The Hall–Kier alpha value is -1.01. The smallest absolute Gasteiger partial charge is 0.195 e. The summed E-state index contributed by atoms with van der Waals surface area (Å²) in [5, 5.41) is 7.02. The minimum atomic E-state index is 0.634. The van der Waals surface area contributed by atoms with Crippen molar-refractivity contribution in [3.63, 3.8) is 0 Å². The Labute approximate surface area is 107 Å². The third-order valence-electron chi connectivity index (χ3n) is 2.18.